The molecule has 1 rings (SSSR count). The number of ether oxygens (including phenoxy) is 2. The van der Waals surface area contributed by atoms with Crippen molar-refractivity contribution in [3.8, 4) is 0 Å². The minimum atomic E-state index is -1.03. The van der Waals surface area contributed by atoms with Gasteiger partial charge in [0, 0.05) is 6.61 Å². The molecule has 7 heteroatoms. The molecule has 0 unspecified atom stereocenters. The van der Waals surface area contributed by atoms with Crippen molar-refractivity contribution in [2.75, 3.05) is 19.8 Å². The van der Waals surface area contributed by atoms with Gasteiger partial charge in [-0.3, -0.25) is 14.4 Å². The molecule has 0 aromatic rings. The number of carbonyl (C=O) groups is 3. The van der Waals surface area contributed by atoms with Gasteiger partial charge in [0.1, 0.15) is 6.04 Å². The van der Waals surface area contributed by atoms with Crippen LogP contribution >= 0.6 is 0 Å². The summed E-state index contributed by atoms with van der Waals surface area (Å²) in [7, 11) is 0. The molecule has 0 spiro atoms. The number of hydrogen-bond donors (Lipinski definition) is 2. The van der Waals surface area contributed by atoms with Crippen molar-refractivity contribution in [2.24, 2.45) is 11.7 Å². The maximum Gasteiger partial charge on any atom is 0.308 e. The first kappa shape index (κ1) is 14.4. The van der Waals surface area contributed by atoms with E-state index < -0.39 is 17.9 Å². The third-order valence-electron chi connectivity index (χ3n) is 2.64. The van der Waals surface area contributed by atoms with E-state index in [1.807, 2.05) is 0 Å². The summed E-state index contributed by atoms with van der Waals surface area (Å²) in [5.41, 5.74) is 5.14. The summed E-state index contributed by atoms with van der Waals surface area (Å²) in [5, 5.41) is 2.45. The number of rotatable bonds is 6. The second-order valence-electron chi connectivity index (χ2n) is 4.03. The Kier molecular flexibility index (Phi) is 5.57. The molecule has 2 atom stereocenters. The van der Waals surface area contributed by atoms with Crippen LogP contribution in [-0.2, 0) is 23.9 Å². The van der Waals surface area contributed by atoms with E-state index in [9.17, 15) is 14.4 Å². The van der Waals surface area contributed by atoms with Gasteiger partial charge in [-0.05, 0) is 13.3 Å². The maximum absolute atomic E-state index is 11.7. The monoisotopic (exact) mass is 258 g/mol. The molecule has 0 saturated carbocycles. The van der Waals surface area contributed by atoms with Crippen LogP contribution in [0.1, 0.15) is 19.8 Å². The van der Waals surface area contributed by atoms with Crippen LogP contribution < -0.4 is 11.1 Å². The first-order chi connectivity index (χ1) is 8.54. The summed E-state index contributed by atoms with van der Waals surface area (Å²) in [5.74, 6) is -1.92. The molecule has 0 radical (unpaired) electrons. The van der Waals surface area contributed by atoms with Crippen molar-refractivity contribution >= 4 is 17.8 Å². The Morgan fingerprint density at radius 3 is 2.72 bits per heavy atom. The summed E-state index contributed by atoms with van der Waals surface area (Å²) in [4.78, 5) is 34.2. The largest absolute Gasteiger partial charge is 0.466 e. The highest BCUT2D eigenvalue weighted by Gasteiger charge is 2.28. The third kappa shape index (κ3) is 4.33. The zero-order valence-electron chi connectivity index (χ0n) is 10.3. The predicted octanol–water partition coefficient (Wildman–Crippen LogP) is -1.05. The van der Waals surface area contributed by atoms with Gasteiger partial charge in [-0.1, -0.05) is 0 Å². The zero-order valence-corrected chi connectivity index (χ0v) is 10.3. The van der Waals surface area contributed by atoms with Gasteiger partial charge in [0.25, 0.3) is 0 Å². The average Bonchev–Trinajstić information content (AvgIpc) is 2.81. The van der Waals surface area contributed by atoms with E-state index in [0.717, 1.165) is 0 Å². The number of esters is 1. The number of amides is 2. The number of primary amides is 1. The Labute approximate surface area is 105 Å². The normalized spacial score (nSPS) is 20.2. The van der Waals surface area contributed by atoms with Gasteiger partial charge in [-0.15, -0.1) is 0 Å². The Hall–Kier alpha value is -1.63. The molecule has 2 amide bonds. The Morgan fingerprint density at radius 1 is 1.50 bits per heavy atom. The fourth-order valence-corrected chi connectivity index (χ4v) is 1.64. The van der Waals surface area contributed by atoms with E-state index in [0.29, 0.717) is 19.6 Å². The second-order valence-corrected chi connectivity index (χ2v) is 4.03. The zero-order chi connectivity index (χ0) is 13.5. The quantitative estimate of drug-likeness (QED) is 0.591. The molecule has 1 saturated heterocycles. The highest BCUT2D eigenvalue weighted by molar-refractivity contribution is 5.90. The van der Waals surface area contributed by atoms with Gasteiger partial charge >= 0.3 is 5.97 Å². The first-order valence-electron chi connectivity index (χ1n) is 5.87. The van der Waals surface area contributed by atoms with E-state index in [-0.39, 0.29) is 24.9 Å². The Morgan fingerprint density at radius 2 is 2.22 bits per heavy atom. The van der Waals surface area contributed by atoms with E-state index in [1.54, 1.807) is 6.92 Å². The highest BCUT2D eigenvalue weighted by Crippen LogP contribution is 2.12. The van der Waals surface area contributed by atoms with Crippen LogP contribution in [0.4, 0.5) is 0 Å². The molecule has 0 aliphatic carbocycles. The fraction of sp³-hybridized carbons (Fsp3) is 0.727. The van der Waals surface area contributed by atoms with Gasteiger partial charge in [0.05, 0.1) is 25.6 Å². The SMILES string of the molecule is CCOC(=O)C[C@H](NC(=O)[C@H]1CCOC1)C(N)=O. The second kappa shape index (κ2) is 6.95. The molecule has 0 aromatic carbocycles. The topological polar surface area (TPSA) is 108 Å². The molecule has 7 nitrogen and oxygen atoms in total. The predicted molar refractivity (Wildman–Crippen MR) is 61.3 cm³/mol. The van der Waals surface area contributed by atoms with Gasteiger partial charge in [0.15, 0.2) is 0 Å². The lowest BCUT2D eigenvalue weighted by Gasteiger charge is -2.16. The van der Waals surface area contributed by atoms with Crippen LogP contribution in [-0.4, -0.2) is 43.6 Å². The molecular formula is C11H18N2O5. The molecule has 1 fully saturated rings. The molecule has 3 N–H and O–H groups in total. The van der Waals surface area contributed by atoms with Crippen molar-refractivity contribution in [2.45, 2.75) is 25.8 Å². The van der Waals surface area contributed by atoms with Crippen molar-refractivity contribution in [3.05, 3.63) is 0 Å². The van der Waals surface area contributed by atoms with Crippen LogP contribution in [0.15, 0.2) is 0 Å². The van der Waals surface area contributed by atoms with Crippen LogP contribution in [0.25, 0.3) is 0 Å². The van der Waals surface area contributed by atoms with Crippen molar-refractivity contribution in [3.63, 3.8) is 0 Å². The summed E-state index contributed by atoms with van der Waals surface area (Å²) in [6, 6.07) is -1.03. The van der Waals surface area contributed by atoms with Crippen molar-refractivity contribution in [1.29, 1.82) is 0 Å². The van der Waals surface area contributed by atoms with Crippen LogP contribution in [0.3, 0.4) is 0 Å². The van der Waals surface area contributed by atoms with Gasteiger partial charge in [-0.2, -0.15) is 0 Å². The molecular weight excluding hydrogens is 240 g/mol. The maximum atomic E-state index is 11.7. The van der Waals surface area contributed by atoms with Crippen molar-refractivity contribution < 1.29 is 23.9 Å². The number of nitrogens with one attached hydrogen (secondary N) is 1. The standard InChI is InChI=1S/C11H18N2O5/c1-2-18-9(14)5-8(10(12)15)13-11(16)7-3-4-17-6-7/h7-8H,2-6H2,1H3,(H2,12,15)(H,13,16)/t7-,8-/m0/s1. The molecule has 0 aromatic heterocycles. The van der Waals surface area contributed by atoms with Gasteiger partial charge in [-0.25, -0.2) is 0 Å². The third-order valence-corrected chi connectivity index (χ3v) is 2.64. The van der Waals surface area contributed by atoms with Crippen molar-refractivity contribution in [1.82, 2.24) is 5.32 Å². The lowest BCUT2D eigenvalue weighted by molar-refractivity contribution is -0.145. The number of nitrogens with two attached hydrogens (primary N) is 1. The summed E-state index contributed by atoms with van der Waals surface area (Å²) in [6.07, 6.45) is 0.360. The summed E-state index contributed by atoms with van der Waals surface area (Å²) in [6.45, 7) is 2.73. The summed E-state index contributed by atoms with van der Waals surface area (Å²) < 4.78 is 9.78. The van der Waals surface area contributed by atoms with Gasteiger partial charge in [0.2, 0.25) is 11.8 Å². The van der Waals surface area contributed by atoms with E-state index in [4.69, 9.17) is 15.2 Å². The minimum absolute atomic E-state index is 0.217. The molecule has 0 bridgehead atoms. The molecule has 1 heterocycles. The van der Waals surface area contributed by atoms with Gasteiger partial charge < -0.3 is 20.5 Å². The van der Waals surface area contributed by atoms with E-state index in [1.165, 1.54) is 0 Å². The van der Waals surface area contributed by atoms with Crippen LogP contribution in [0, 0.1) is 5.92 Å². The van der Waals surface area contributed by atoms with Crippen LogP contribution in [0.5, 0.6) is 0 Å². The summed E-state index contributed by atoms with van der Waals surface area (Å²) >= 11 is 0. The first-order valence-corrected chi connectivity index (χ1v) is 5.87. The lowest BCUT2D eigenvalue weighted by Crippen LogP contribution is -2.48. The average molecular weight is 258 g/mol. The highest BCUT2D eigenvalue weighted by atomic mass is 16.5. The smallest absolute Gasteiger partial charge is 0.308 e. The fourth-order valence-electron chi connectivity index (χ4n) is 1.64. The van der Waals surface area contributed by atoms with Crippen LogP contribution in [0.2, 0.25) is 0 Å². The lowest BCUT2D eigenvalue weighted by atomic mass is 10.1. The van der Waals surface area contributed by atoms with E-state index in [2.05, 4.69) is 5.32 Å². The molecule has 1 aliphatic rings. The minimum Gasteiger partial charge on any atom is -0.466 e. The Balaban J connectivity index is 2.49. The number of hydrogen-bond acceptors (Lipinski definition) is 5. The molecule has 102 valence electrons. The van der Waals surface area contributed by atoms with E-state index >= 15 is 0 Å². The Bertz CT molecular complexity index is 325. The number of carbonyl (C=O) groups excluding carboxylic acids is 3. The molecule has 1 aliphatic heterocycles. The molecule has 18 heavy (non-hydrogen) atoms.